The van der Waals surface area contributed by atoms with Crippen molar-refractivity contribution in [2.45, 2.75) is 26.4 Å². The van der Waals surface area contributed by atoms with Gasteiger partial charge in [0.25, 0.3) is 5.69 Å². The molecular formula is C16H22N4O3. The van der Waals surface area contributed by atoms with Gasteiger partial charge < -0.3 is 10.4 Å². The molecule has 0 aliphatic carbocycles. The van der Waals surface area contributed by atoms with Crippen LogP contribution in [0.1, 0.15) is 19.4 Å². The van der Waals surface area contributed by atoms with Crippen molar-refractivity contribution in [2.75, 3.05) is 6.61 Å². The molecule has 1 heterocycles. The van der Waals surface area contributed by atoms with Gasteiger partial charge in [0, 0.05) is 55.7 Å². The lowest BCUT2D eigenvalue weighted by Crippen LogP contribution is -2.33. The minimum Gasteiger partial charge on any atom is -0.396 e. The number of nitrogens with zero attached hydrogens (tertiary/aromatic N) is 3. The Morgan fingerprint density at radius 2 is 2.00 bits per heavy atom. The average molecular weight is 318 g/mol. The molecule has 0 amide bonds. The molecular weight excluding hydrogens is 296 g/mol. The van der Waals surface area contributed by atoms with Crippen LogP contribution in [-0.2, 0) is 13.6 Å². The van der Waals surface area contributed by atoms with Crippen molar-refractivity contribution in [3.8, 4) is 11.3 Å². The van der Waals surface area contributed by atoms with Gasteiger partial charge in [0.1, 0.15) is 0 Å². The van der Waals surface area contributed by atoms with Crippen molar-refractivity contribution < 1.29 is 10.0 Å². The van der Waals surface area contributed by atoms with Crippen LogP contribution in [0.3, 0.4) is 0 Å². The molecule has 2 N–H and O–H groups in total. The highest BCUT2D eigenvalue weighted by Crippen LogP contribution is 2.24. The van der Waals surface area contributed by atoms with E-state index in [9.17, 15) is 15.2 Å². The van der Waals surface area contributed by atoms with Crippen molar-refractivity contribution in [2.24, 2.45) is 13.0 Å². The first-order valence-corrected chi connectivity index (χ1v) is 7.54. The fourth-order valence-electron chi connectivity index (χ4n) is 2.28. The Hall–Kier alpha value is -2.25. The van der Waals surface area contributed by atoms with E-state index in [-0.39, 0.29) is 24.3 Å². The van der Waals surface area contributed by atoms with E-state index in [4.69, 9.17) is 0 Å². The van der Waals surface area contributed by atoms with Gasteiger partial charge in [0.05, 0.1) is 10.6 Å². The monoisotopic (exact) mass is 318 g/mol. The second kappa shape index (κ2) is 7.34. The van der Waals surface area contributed by atoms with Crippen LogP contribution in [0.15, 0.2) is 30.5 Å². The number of nitro groups is 1. The Kier molecular flexibility index (Phi) is 5.46. The van der Waals surface area contributed by atoms with Gasteiger partial charge in [0.2, 0.25) is 0 Å². The molecule has 0 saturated heterocycles. The Bertz CT molecular complexity index is 666. The van der Waals surface area contributed by atoms with Gasteiger partial charge in [-0.2, -0.15) is 5.10 Å². The summed E-state index contributed by atoms with van der Waals surface area (Å²) >= 11 is 0. The maximum absolute atomic E-state index is 10.7. The fourth-order valence-corrected chi connectivity index (χ4v) is 2.28. The zero-order valence-corrected chi connectivity index (χ0v) is 13.6. The standard InChI is InChI=1S/C16H22N4O3/c1-11(10-21)12(2)17-8-14-9-19(3)18-16(14)13-4-6-15(7-5-13)20(22)23/h4-7,9,11-12,17,21H,8,10H2,1-3H3. The predicted molar refractivity (Wildman–Crippen MR) is 87.8 cm³/mol. The van der Waals surface area contributed by atoms with Crippen LogP contribution in [0.25, 0.3) is 11.3 Å². The van der Waals surface area contributed by atoms with E-state index in [0.717, 1.165) is 16.8 Å². The summed E-state index contributed by atoms with van der Waals surface area (Å²) in [6.45, 7) is 4.77. The number of aromatic nitrogens is 2. The topological polar surface area (TPSA) is 93.2 Å². The second-order valence-electron chi connectivity index (χ2n) is 5.81. The number of nitrogens with one attached hydrogen (secondary N) is 1. The van der Waals surface area contributed by atoms with Crippen LogP contribution in [0.4, 0.5) is 5.69 Å². The first kappa shape index (κ1) is 17.1. The summed E-state index contributed by atoms with van der Waals surface area (Å²) in [4.78, 5) is 10.3. The third-order valence-electron chi connectivity index (χ3n) is 4.01. The minimum atomic E-state index is -0.414. The number of benzene rings is 1. The lowest BCUT2D eigenvalue weighted by atomic mass is 10.0. The molecule has 0 aliphatic rings. The zero-order chi connectivity index (χ0) is 17.0. The van der Waals surface area contributed by atoms with E-state index in [0.29, 0.717) is 6.54 Å². The fraction of sp³-hybridized carbons (Fsp3) is 0.438. The van der Waals surface area contributed by atoms with Crippen LogP contribution < -0.4 is 5.32 Å². The van der Waals surface area contributed by atoms with Gasteiger partial charge in [-0.3, -0.25) is 14.8 Å². The summed E-state index contributed by atoms with van der Waals surface area (Å²) in [5, 5.41) is 27.8. The largest absolute Gasteiger partial charge is 0.396 e. The lowest BCUT2D eigenvalue weighted by molar-refractivity contribution is -0.384. The summed E-state index contributed by atoms with van der Waals surface area (Å²) in [6.07, 6.45) is 1.93. The molecule has 2 atom stereocenters. The summed E-state index contributed by atoms with van der Waals surface area (Å²) in [6, 6.07) is 6.56. The van der Waals surface area contributed by atoms with Gasteiger partial charge in [-0.05, 0) is 25.0 Å². The SMILES string of the molecule is CC(CO)C(C)NCc1cn(C)nc1-c1ccc([N+](=O)[O-])cc1. The first-order valence-electron chi connectivity index (χ1n) is 7.54. The number of aryl methyl sites for hydroxylation is 1. The molecule has 23 heavy (non-hydrogen) atoms. The highest BCUT2D eigenvalue weighted by molar-refractivity contribution is 5.64. The van der Waals surface area contributed by atoms with E-state index < -0.39 is 4.92 Å². The van der Waals surface area contributed by atoms with Crippen LogP contribution in [0.2, 0.25) is 0 Å². The van der Waals surface area contributed by atoms with Crippen LogP contribution in [0.5, 0.6) is 0 Å². The lowest BCUT2D eigenvalue weighted by Gasteiger charge is -2.19. The van der Waals surface area contributed by atoms with Crippen LogP contribution in [-0.4, -0.2) is 32.5 Å². The quantitative estimate of drug-likeness (QED) is 0.602. The molecule has 124 valence electrons. The third-order valence-corrected chi connectivity index (χ3v) is 4.01. The maximum atomic E-state index is 10.7. The van der Waals surface area contributed by atoms with Crippen LogP contribution in [0, 0.1) is 16.0 Å². The maximum Gasteiger partial charge on any atom is 0.269 e. The Morgan fingerprint density at radius 1 is 1.35 bits per heavy atom. The molecule has 7 nitrogen and oxygen atoms in total. The molecule has 0 aliphatic heterocycles. The normalized spacial score (nSPS) is 13.7. The summed E-state index contributed by atoms with van der Waals surface area (Å²) in [7, 11) is 1.85. The molecule has 0 fully saturated rings. The summed E-state index contributed by atoms with van der Waals surface area (Å²) in [5.41, 5.74) is 2.72. The van der Waals surface area contributed by atoms with E-state index in [1.54, 1.807) is 16.8 Å². The molecule has 2 aromatic rings. The van der Waals surface area contributed by atoms with Crippen molar-refractivity contribution in [1.29, 1.82) is 0 Å². The van der Waals surface area contributed by atoms with E-state index in [2.05, 4.69) is 10.4 Å². The van der Waals surface area contributed by atoms with Gasteiger partial charge in [-0.1, -0.05) is 6.92 Å². The van der Waals surface area contributed by atoms with Gasteiger partial charge >= 0.3 is 0 Å². The van der Waals surface area contributed by atoms with E-state index in [1.807, 2.05) is 27.1 Å². The van der Waals surface area contributed by atoms with Crippen molar-refractivity contribution in [1.82, 2.24) is 15.1 Å². The smallest absolute Gasteiger partial charge is 0.269 e. The van der Waals surface area contributed by atoms with Crippen molar-refractivity contribution in [3.63, 3.8) is 0 Å². The van der Waals surface area contributed by atoms with Crippen molar-refractivity contribution >= 4 is 5.69 Å². The molecule has 1 aromatic heterocycles. The Labute approximate surface area is 135 Å². The molecule has 7 heteroatoms. The highest BCUT2D eigenvalue weighted by atomic mass is 16.6. The summed E-state index contributed by atoms with van der Waals surface area (Å²) in [5.74, 6) is 0.162. The van der Waals surface area contributed by atoms with Gasteiger partial charge in [-0.15, -0.1) is 0 Å². The molecule has 2 unspecified atom stereocenters. The molecule has 0 bridgehead atoms. The number of aliphatic hydroxyl groups excluding tert-OH is 1. The third kappa shape index (κ3) is 4.14. The Balaban J connectivity index is 2.18. The van der Waals surface area contributed by atoms with E-state index >= 15 is 0 Å². The number of non-ortho nitro benzene ring substituents is 1. The molecule has 2 rings (SSSR count). The Morgan fingerprint density at radius 3 is 2.57 bits per heavy atom. The number of nitro benzene ring substituents is 1. The molecule has 0 radical (unpaired) electrons. The average Bonchev–Trinajstić information content (AvgIpc) is 2.92. The zero-order valence-electron chi connectivity index (χ0n) is 13.6. The minimum absolute atomic E-state index is 0.0646. The van der Waals surface area contributed by atoms with Gasteiger partial charge in [0.15, 0.2) is 0 Å². The summed E-state index contributed by atoms with van der Waals surface area (Å²) < 4.78 is 1.73. The highest BCUT2D eigenvalue weighted by Gasteiger charge is 2.15. The number of rotatable bonds is 7. The number of aliphatic hydroxyl groups is 1. The van der Waals surface area contributed by atoms with E-state index in [1.165, 1.54) is 12.1 Å². The van der Waals surface area contributed by atoms with Gasteiger partial charge in [-0.25, -0.2) is 0 Å². The van der Waals surface area contributed by atoms with Crippen molar-refractivity contribution in [3.05, 3.63) is 46.1 Å². The second-order valence-corrected chi connectivity index (χ2v) is 5.81. The van der Waals surface area contributed by atoms with Crippen LogP contribution >= 0.6 is 0 Å². The molecule has 0 spiro atoms. The predicted octanol–water partition coefficient (Wildman–Crippen LogP) is 2.10. The number of hydrogen-bond donors (Lipinski definition) is 2. The molecule has 0 saturated carbocycles. The first-order chi connectivity index (χ1) is 10.9. The molecule has 1 aromatic carbocycles. The number of hydrogen-bond acceptors (Lipinski definition) is 5.